The summed E-state index contributed by atoms with van der Waals surface area (Å²) in [4.78, 5) is 27.0. The van der Waals surface area contributed by atoms with Gasteiger partial charge in [-0.25, -0.2) is 4.99 Å². The molecule has 2 aromatic rings. The number of nitrogens with one attached hydrogen (secondary N) is 3. The summed E-state index contributed by atoms with van der Waals surface area (Å²) in [6.07, 6.45) is 0.411. The minimum Gasteiger partial charge on any atom is -0.357 e. The highest BCUT2D eigenvalue weighted by atomic mass is 16.6. The van der Waals surface area contributed by atoms with Crippen molar-refractivity contribution in [3.8, 4) is 0 Å². The van der Waals surface area contributed by atoms with Crippen molar-refractivity contribution in [2.24, 2.45) is 4.99 Å². The number of nitro benzene ring substituents is 1. The van der Waals surface area contributed by atoms with E-state index in [2.05, 4.69) is 20.9 Å². The quantitative estimate of drug-likeness (QED) is 0.309. The lowest BCUT2D eigenvalue weighted by Crippen LogP contribution is -2.40. The first-order valence-corrected chi connectivity index (χ1v) is 9.21. The van der Waals surface area contributed by atoms with Gasteiger partial charge in [-0.05, 0) is 24.1 Å². The Morgan fingerprint density at radius 2 is 2.07 bits per heavy atom. The van der Waals surface area contributed by atoms with Crippen LogP contribution in [0.5, 0.6) is 0 Å². The highest BCUT2D eigenvalue weighted by molar-refractivity contribution is 5.94. The number of fused-ring (bicyclic) bond motifs is 1. The highest BCUT2D eigenvalue weighted by Crippen LogP contribution is 2.31. The number of carbonyl (C=O) groups is 1. The van der Waals surface area contributed by atoms with Crippen molar-refractivity contribution in [3.63, 3.8) is 0 Å². The standard InChI is InChI=1S/C20H23N5O3/c1-2-21-20(22-12-14-6-5-7-16(10-14)25(27)28)23-13-15-11-19(26)24-18-9-4-3-8-17(15)18/h3-10,15H,2,11-13H2,1H3,(H,24,26)(H2,21,22,23). The monoisotopic (exact) mass is 381 g/mol. The van der Waals surface area contributed by atoms with Crippen LogP contribution in [0.1, 0.15) is 30.4 Å². The zero-order chi connectivity index (χ0) is 19.9. The minimum atomic E-state index is -0.414. The fourth-order valence-corrected chi connectivity index (χ4v) is 3.18. The number of benzene rings is 2. The highest BCUT2D eigenvalue weighted by Gasteiger charge is 2.24. The summed E-state index contributed by atoms with van der Waals surface area (Å²) in [6, 6.07) is 14.2. The van der Waals surface area contributed by atoms with Gasteiger partial charge in [0, 0.05) is 43.2 Å². The van der Waals surface area contributed by atoms with Gasteiger partial charge in [-0.2, -0.15) is 0 Å². The number of amides is 1. The number of aliphatic imine (C=N–C) groups is 1. The van der Waals surface area contributed by atoms with Gasteiger partial charge in [0.2, 0.25) is 5.91 Å². The lowest BCUT2D eigenvalue weighted by Gasteiger charge is -2.26. The summed E-state index contributed by atoms with van der Waals surface area (Å²) in [6.45, 7) is 3.53. The third kappa shape index (κ3) is 4.85. The Kier molecular flexibility index (Phi) is 6.21. The van der Waals surface area contributed by atoms with E-state index in [1.165, 1.54) is 12.1 Å². The lowest BCUT2D eigenvalue weighted by atomic mass is 9.90. The Morgan fingerprint density at radius 3 is 2.86 bits per heavy atom. The first-order valence-electron chi connectivity index (χ1n) is 9.21. The molecule has 1 amide bonds. The van der Waals surface area contributed by atoms with Gasteiger partial charge in [0.15, 0.2) is 5.96 Å². The van der Waals surface area contributed by atoms with E-state index in [4.69, 9.17) is 0 Å². The maximum absolute atomic E-state index is 12.0. The van der Waals surface area contributed by atoms with Crippen LogP contribution in [0.4, 0.5) is 11.4 Å². The number of para-hydroxylation sites is 1. The van der Waals surface area contributed by atoms with Crippen LogP contribution >= 0.6 is 0 Å². The fourth-order valence-electron chi connectivity index (χ4n) is 3.18. The lowest BCUT2D eigenvalue weighted by molar-refractivity contribution is -0.384. The van der Waals surface area contributed by atoms with Gasteiger partial charge in [0.1, 0.15) is 0 Å². The normalized spacial score (nSPS) is 16.1. The van der Waals surface area contributed by atoms with E-state index in [9.17, 15) is 14.9 Å². The SMILES string of the molecule is CCNC(=NCc1cccc([N+](=O)[O-])c1)NCC1CC(=O)Nc2ccccc21. The van der Waals surface area contributed by atoms with Crippen LogP contribution in [0.2, 0.25) is 0 Å². The molecule has 146 valence electrons. The molecular weight excluding hydrogens is 358 g/mol. The molecule has 1 aliphatic rings. The molecule has 0 saturated carbocycles. The average molecular weight is 381 g/mol. The molecule has 3 N–H and O–H groups in total. The van der Waals surface area contributed by atoms with Crippen LogP contribution in [-0.2, 0) is 11.3 Å². The zero-order valence-electron chi connectivity index (χ0n) is 15.6. The van der Waals surface area contributed by atoms with Crippen molar-refractivity contribution in [1.29, 1.82) is 0 Å². The predicted molar refractivity (Wildman–Crippen MR) is 108 cm³/mol. The number of non-ortho nitro benzene ring substituents is 1. The van der Waals surface area contributed by atoms with Gasteiger partial charge in [-0.3, -0.25) is 14.9 Å². The van der Waals surface area contributed by atoms with Gasteiger partial charge < -0.3 is 16.0 Å². The fraction of sp³-hybridized carbons (Fsp3) is 0.300. The van der Waals surface area contributed by atoms with Gasteiger partial charge in [0.25, 0.3) is 5.69 Å². The summed E-state index contributed by atoms with van der Waals surface area (Å²) in [5, 5.41) is 20.3. The molecule has 28 heavy (non-hydrogen) atoms. The second-order valence-electron chi connectivity index (χ2n) is 6.54. The van der Waals surface area contributed by atoms with Crippen LogP contribution < -0.4 is 16.0 Å². The molecule has 2 aromatic carbocycles. The van der Waals surface area contributed by atoms with Crippen molar-refractivity contribution in [2.75, 3.05) is 18.4 Å². The molecule has 1 heterocycles. The maximum Gasteiger partial charge on any atom is 0.269 e. The van der Waals surface area contributed by atoms with Gasteiger partial charge in [0.05, 0.1) is 11.5 Å². The first-order chi connectivity index (χ1) is 13.6. The van der Waals surface area contributed by atoms with E-state index in [-0.39, 0.29) is 17.5 Å². The number of anilines is 1. The molecule has 3 rings (SSSR count). The van der Waals surface area contributed by atoms with Crippen LogP contribution in [0.3, 0.4) is 0 Å². The minimum absolute atomic E-state index is 0.00374. The number of carbonyl (C=O) groups excluding carboxylic acids is 1. The van der Waals surface area contributed by atoms with Crippen molar-refractivity contribution >= 4 is 23.2 Å². The molecule has 0 bridgehead atoms. The van der Waals surface area contributed by atoms with E-state index in [1.807, 2.05) is 37.3 Å². The van der Waals surface area contributed by atoms with E-state index in [0.29, 0.717) is 32.0 Å². The third-order valence-corrected chi connectivity index (χ3v) is 4.51. The Balaban J connectivity index is 1.68. The molecule has 0 radical (unpaired) electrons. The number of hydrogen-bond donors (Lipinski definition) is 3. The van der Waals surface area contributed by atoms with E-state index in [0.717, 1.165) is 16.8 Å². The number of rotatable bonds is 6. The Hall–Kier alpha value is -3.42. The molecular formula is C20H23N5O3. The second kappa shape index (κ2) is 8.98. The summed E-state index contributed by atoms with van der Waals surface area (Å²) < 4.78 is 0. The number of guanidine groups is 1. The smallest absolute Gasteiger partial charge is 0.269 e. The first kappa shape index (κ1) is 19.3. The topological polar surface area (TPSA) is 109 Å². The summed E-state index contributed by atoms with van der Waals surface area (Å²) in [5.41, 5.74) is 2.76. The molecule has 1 unspecified atom stereocenters. The molecule has 0 saturated heterocycles. The van der Waals surface area contributed by atoms with E-state index in [1.54, 1.807) is 6.07 Å². The third-order valence-electron chi connectivity index (χ3n) is 4.51. The predicted octanol–water partition coefficient (Wildman–Crippen LogP) is 2.78. The van der Waals surface area contributed by atoms with E-state index < -0.39 is 4.92 Å². The Morgan fingerprint density at radius 1 is 1.25 bits per heavy atom. The van der Waals surface area contributed by atoms with Crippen molar-refractivity contribution in [2.45, 2.75) is 25.8 Å². The summed E-state index contributed by atoms with van der Waals surface area (Å²) in [5.74, 6) is 0.660. The number of nitrogens with zero attached hydrogens (tertiary/aromatic N) is 2. The average Bonchev–Trinajstić information content (AvgIpc) is 2.70. The number of nitro groups is 1. The molecule has 0 aliphatic carbocycles. The Labute approximate surface area is 163 Å². The van der Waals surface area contributed by atoms with Crippen LogP contribution in [0, 0.1) is 10.1 Å². The van der Waals surface area contributed by atoms with Gasteiger partial charge in [-0.15, -0.1) is 0 Å². The van der Waals surface area contributed by atoms with Gasteiger partial charge >= 0.3 is 0 Å². The van der Waals surface area contributed by atoms with Gasteiger partial charge in [-0.1, -0.05) is 30.3 Å². The molecule has 0 fully saturated rings. The van der Waals surface area contributed by atoms with Crippen LogP contribution in [0.15, 0.2) is 53.5 Å². The second-order valence-corrected chi connectivity index (χ2v) is 6.54. The molecule has 0 spiro atoms. The molecule has 1 atom stereocenters. The molecule has 0 aromatic heterocycles. The Bertz CT molecular complexity index is 897. The van der Waals surface area contributed by atoms with Crippen molar-refractivity contribution < 1.29 is 9.72 Å². The van der Waals surface area contributed by atoms with Crippen molar-refractivity contribution in [3.05, 3.63) is 69.8 Å². The number of hydrogen-bond acceptors (Lipinski definition) is 4. The van der Waals surface area contributed by atoms with Crippen LogP contribution in [-0.4, -0.2) is 29.9 Å². The summed E-state index contributed by atoms with van der Waals surface area (Å²) in [7, 11) is 0. The zero-order valence-corrected chi connectivity index (χ0v) is 15.6. The van der Waals surface area contributed by atoms with E-state index >= 15 is 0 Å². The molecule has 8 heteroatoms. The van der Waals surface area contributed by atoms with Crippen molar-refractivity contribution in [1.82, 2.24) is 10.6 Å². The summed E-state index contributed by atoms with van der Waals surface area (Å²) >= 11 is 0. The largest absolute Gasteiger partial charge is 0.357 e. The maximum atomic E-state index is 12.0. The van der Waals surface area contributed by atoms with Crippen LogP contribution in [0.25, 0.3) is 0 Å². The molecule has 8 nitrogen and oxygen atoms in total. The molecule has 1 aliphatic heterocycles.